The summed E-state index contributed by atoms with van der Waals surface area (Å²) >= 11 is 9.85. The number of carbonyl (C=O) groups excluding carboxylic acids is 1. The Hall–Kier alpha value is -1.33. The summed E-state index contributed by atoms with van der Waals surface area (Å²) in [6.07, 6.45) is 2.25. The number of hydrogen-bond acceptors (Lipinski definition) is 3. The predicted octanol–water partition coefficient (Wildman–Crippen LogP) is 5.60. The van der Waals surface area contributed by atoms with Gasteiger partial charge in [-0.05, 0) is 51.3 Å². The Kier molecular flexibility index (Phi) is 5.26. The summed E-state index contributed by atoms with van der Waals surface area (Å²) in [5.74, 6) is 0. The van der Waals surface area contributed by atoms with Gasteiger partial charge in [0.25, 0.3) is 0 Å². The van der Waals surface area contributed by atoms with E-state index in [2.05, 4.69) is 20.9 Å². The molecule has 1 atom stereocenters. The van der Waals surface area contributed by atoms with E-state index in [9.17, 15) is 4.79 Å². The summed E-state index contributed by atoms with van der Waals surface area (Å²) in [6.45, 7) is 6.34. The molecule has 2 heterocycles. The van der Waals surface area contributed by atoms with Crippen LogP contribution in [0.1, 0.15) is 45.6 Å². The highest BCUT2D eigenvalue weighted by atomic mass is 79.9. The molecule has 0 bridgehead atoms. The second kappa shape index (κ2) is 7.12. The number of ether oxygens (including phenoxy) is 1. The molecule has 1 fully saturated rings. The molecular weight excluding hydrogens is 404 g/mol. The van der Waals surface area contributed by atoms with Crippen molar-refractivity contribution < 1.29 is 9.53 Å². The smallest absolute Gasteiger partial charge is 0.410 e. The summed E-state index contributed by atoms with van der Waals surface area (Å²) in [4.78, 5) is 18.9. The Bertz CT molecular complexity index is 735. The summed E-state index contributed by atoms with van der Waals surface area (Å²) < 4.78 is 6.57. The first-order valence-corrected chi connectivity index (χ1v) is 9.63. The van der Waals surface area contributed by atoms with Gasteiger partial charge in [-0.25, -0.2) is 9.79 Å². The van der Waals surface area contributed by atoms with E-state index in [1.807, 2.05) is 45.0 Å². The minimum atomic E-state index is -0.500. The van der Waals surface area contributed by atoms with Gasteiger partial charge in [-0.3, -0.25) is 4.90 Å². The van der Waals surface area contributed by atoms with E-state index < -0.39 is 5.60 Å². The van der Waals surface area contributed by atoms with Crippen LogP contribution in [0.5, 0.6) is 0 Å². The standard InChI is InChI=1S/C19H22BrClN2O2/c1-19(2,3)25-18(24)23-10-4-5-16(23)15-11-14(17(21)22-15)12-6-8-13(20)9-7-12/h6-9,16H,4-5,10-11H2,1-3H3/t16-/m0/s1. The van der Waals surface area contributed by atoms with Gasteiger partial charge in [0.2, 0.25) is 0 Å². The van der Waals surface area contributed by atoms with Gasteiger partial charge < -0.3 is 4.74 Å². The van der Waals surface area contributed by atoms with Crippen LogP contribution in [0.2, 0.25) is 0 Å². The molecule has 0 aromatic heterocycles. The number of allylic oxidation sites excluding steroid dienone is 1. The number of nitrogens with zero attached hydrogens (tertiary/aromatic N) is 2. The average molecular weight is 426 g/mol. The summed E-state index contributed by atoms with van der Waals surface area (Å²) in [5, 5.41) is 0.522. The third-order valence-electron chi connectivity index (χ3n) is 4.31. The van der Waals surface area contributed by atoms with Gasteiger partial charge in [0.05, 0.1) is 6.04 Å². The fourth-order valence-electron chi connectivity index (χ4n) is 3.20. The number of hydrogen-bond donors (Lipinski definition) is 0. The molecular formula is C19H22BrClN2O2. The van der Waals surface area contributed by atoms with Crippen molar-refractivity contribution in [1.82, 2.24) is 4.90 Å². The Morgan fingerprint density at radius 3 is 2.64 bits per heavy atom. The van der Waals surface area contributed by atoms with Crippen molar-refractivity contribution >= 4 is 44.9 Å². The molecule has 1 saturated heterocycles. The number of halogens is 2. The minimum Gasteiger partial charge on any atom is -0.444 e. The van der Waals surface area contributed by atoms with Crippen molar-refractivity contribution in [3.63, 3.8) is 0 Å². The molecule has 1 aromatic rings. The molecule has 1 amide bonds. The Morgan fingerprint density at radius 2 is 2.00 bits per heavy atom. The van der Waals surface area contributed by atoms with Crippen molar-refractivity contribution in [2.45, 2.75) is 51.7 Å². The second-order valence-corrected chi connectivity index (χ2v) is 8.66. The maximum atomic E-state index is 12.5. The van der Waals surface area contributed by atoms with E-state index in [-0.39, 0.29) is 12.1 Å². The van der Waals surface area contributed by atoms with E-state index in [1.165, 1.54) is 0 Å². The van der Waals surface area contributed by atoms with E-state index in [0.29, 0.717) is 18.1 Å². The monoisotopic (exact) mass is 424 g/mol. The number of rotatable bonds is 2. The lowest BCUT2D eigenvalue weighted by molar-refractivity contribution is 0.0265. The normalized spacial score (nSPS) is 20.9. The molecule has 4 nitrogen and oxygen atoms in total. The lowest BCUT2D eigenvalue weighted by Crippen LogP contribution is -2.43. The van der Waals surface area contributed by atoms with Crippen LogP contribution in [0.15, 0.2) is 38.9 Å². The molecule has 0 aliphatic carbocycles. The van der Waals surface area contributed by atoms with Crippen molar-refractivity contribution in [1.29, 1.82) is 0 Å². The Morgan fingerprint density at radius 1 is 1.32 bits per heavy atom. The van der Waals surface area contributed by atoms with Crippen LogP contribution in [0.25, 0.3) is 5.57 Å². The van der Waals surface area contributed by atoms with Gasteiger partial charge in [0, 0.05) is 28.7 Å². The fourth-order valence-corrected chi connectivity index (χ4v) is 3.75. The van der Waals surface area contributed by atoms with Gasteiger partial charge in [-0.1, -0.05) is 39.7 Å². The van der Waals surface area contributed by atoms with Crippen LogP contribution < -0.4 is 0 Å². The molecule has 6 heteroatoms. The highest BCUT2D eigenvalue weighted by Crippen LogP contribution is 2.36. The Balaban J connectivity index is 1.74. The number of amides is 1. The number of aliphatic imine (C=N–C) groups is 1. The number of likely N-dealkylation sites (tertiary alicyclic amines) is 1. The van der Waals surface area contributed by atoms with Crippen molar-refractivity contribution in [2.75, 3.05) is 6.54 Å². The largest absolute Gasteiger partial charge is 0.444 e. The van der Waals surface area contributed by atoms with E-state index in [4.69, 9.17) is 16.3 Å². The SMILES string of the molecule is CC(C)(C)OC(=O)N1CCC[C@H]1C1=NC(Cl)=C(c2ccc(Br)cc2)C1. The zero-order chi connectivity index (χ0) is 18.2. The van der Waals surface area contributed by atoms with E-state index >= 15 is 0 Å². The molecule has 2 aliphatic rings. The van der Waals surface area contributed by atoms with Gasteiger partial charge in [0.15, 0.2) is 0 Å². The molecule has 0 N–H and O–H groups in total. The van der Waals surface area contributed by atoms with Gasteiger partial charge in [-0.2, -0.15) is 0 Å². The topological polar surface area (TPSA) is 41.9 Å². The number of benzene rings is 1. The zero-order valence-corrected chi connectivity index (χ0v) is 17.0. The maximum absolute atomic E-state index is 12.5. The predicted molar refractivity (Wildman–Crippen MR) is 105 cm³/mol. The molecule has 25 heavy (non-hydrogen) atoms. The summed E-state index contributed by atoms with van der Waals surface area (Å²) in [5.41, 5.74) is 2.53. The average Bonchev–Trinajstić information content (AvgIpc) is 3.13. The van der Waals surface area contributed by atoms with E-state index in [1.54, 1.807) is 4.90 Å². The Labute approximate surface area is 162 Å². The third kappa shape index (κ3) is 4.26. The first kappa shape index (κ1) is 18.5. The van der Waals surface area contributed by atoms with Crippen LogP contribution in [0.3, 0.4) is 0 Å². The highest BCUT2D eigenvalue weighted by molar-refractivity contribution is 9.10. The van der Waals surface area contributed by atoms with Crippen LogP contribution in [0, 0.1) is 0 Å². The maximum Gasteiger partial charge on any atom is 0.410 e. The van der Waals surface area contributed by atoms with Gasteiger partial charge in [-0.15, -0.1) is 0 Å². The molecule has 0 saturated carbocycles. The van der Waals surface area contributed by atoms with Crippen molar-refractivity contribution in [2.24, 2.45) is 4.99 Å². The third-order valence-corrected chi connectivity index (χ3v) is 5.15. The summed E-state index contributed by atoms with van der Waals surface area (Å²) in [7, 11) is 0. The van der Waals surface area contributed by atoms with Crippen LogP contribution in [-0.4, -0.2) is 34.9 Å². The van der Waals surface area contributed by atoms with Gasteiger partial charge >= 0.3 is 6.09 Å². The second-order valence-electron chi connectivity index (χ2n) is 7.39. The van der Waals surface area contributed by atoms with Crippen molar-refractivity contribution in [3.8, 4) is 0 Å². The molecule has 1 aromatic carbocycles. The molecule has 0 radical (unpaired) electrons. The molecule has 134 valence electrons. The summed E-state index contributed by atoms with van der Waals surface area (Å²) in [6, 6.07) is 8.01. The quantitative estimate of drug-likeness (QED) is 0.579. The van der Waals surface area contributed by atoms with Crippen LogP contribution in [0.4, 0.5) is 4.79 Å². The zero-order valence-electron chi connectivity index (χ0n) is 14.7. The van der Waals surface area contributed by atoms with Crippen LogP contribution in [-0.2, 0) is 4.74 Å². The van der Waals surface area contributed by atoms with Crippen molar-refractivity contribution in [3.05, 3.63) is 39.5 Å². The fraction of sp³-hybridized carbons (Fsp3) is 0.474. The first-order chi connectivity index (χ1) is 11.7. The molecule has 0 spiro atoms. The number of carbonyl (C=O) groups is 1. The first-order valence-electron chi connectivity index (χ1n) is 8.46. The van der Waals surface area contributed by atoms with E-state index in [0.717, 1.165) is 34.2 Å². The van der Waals surface area contributed by atoms with Gasteiger partial charge in [0.1, 0.15) is 10.8 Å². The van der Waals surface area contributed by atoms with Crippen LogP contribution >= 0.6 is 27.5 Å². The molecule has 0 unspecified atom stereocenters. The lowest BCUT2D eigenvalue weighted by atomic mass is 9.99. The molecule has 2 aliphatic heterocycles. The molecule has 3 rings (SSSR count). The lowest BCUT2D eigenvalue weighted by Gasteiger charge is -2.28. The minimum absolute atomic E-state index is 0.0310. The highest BCUT2D eigenvalue weighted by Gasteiger charge is 2.37.